The van der Waals surface area contributed by atoms with Crippen LogP contribution in [0, 0.1) is 5.92 Å². The molecule has 1 aromatic rings. The number of sulfonamides is 1. The molecule has 6 heteroatoms. The molecule has 0 bridgehead atoms. The summed E-state index contributed by atoms with van der Waals surface area (Å²) >= 11 is 0. The number of pyridine rings is 1. The number of nitrogens with zero attached hydrogens (tertiary/aromatic N) is 2. The van der Waals surface area contributed by atoms with Gasteiger partial charge in [-0.3, -0.25) is 4.98 Å². The van der Waals surface area contributed by atoms with Gasteiger partial charge >= 0.3 is 0 Å². The zero-order chi connectivity index (χ0) is 16.1. The van der Waals surface area contributed by atoms with Gasteiger partial charge in [0.25, 0.3) is 0 Å². The van der Waals surface area contributed by atoms with Gasteiger partial charge in [0.05, 0.1) is 5.75 Å². The molecule has 0 unspecified atom stereocenters. The predicted octanol–water partition coefficient (Wildman–Crippen LogP) is 2.41. The van der Waals surface area contributed by atoms with Crippen molar-refractivity contribution < 1.29 is 13.2 Å². The van der Waals surface area contributed by atoms with Crippen molar-refractivity contribution in [3.05, 3.63) is 30.1 Å². The molecule has 0 saturated carbocycles. The number of ether oxygens (including phenoxy) is 1. The second-order valence-electron chi connectivity index (χ2n) is 6.64. The topological polar surface area (TPSA) is 59.5 Å². The van der Waals surface area contributed by atoms with Crippen LogP contribution in [0.4, 0.5) is 0 Å². The van der Waals surface area contributed by atoms with Gasteiger partial charge in [-0.2, -0.15) is 0 Å². The van der Waals surface area contributed by atoms with Gasteiger partial charge in [0.1, 0.15) is 0 Å². The Kier molecular flexibility index (Phi) is 5.67. The molecule has 1 aromatic heterocycles. The second-order valence-corrected chi connectivity index (χ2v) is 8.73. The molecule has 3 rings (SSSR count). The van der Waals surface area contributed by atoms with Crippen molar-refractivity contribution >= 4 is 10.0 Å². The van der Waals surface area contributed by atoms with E-state index in [0.29, 0.717) is 24.9 Å². The van der Waals surface area contributed by atoms with Crippen LogP contribution in [0.1, 0.15) is 43.6 Å². The quantitative estimate of drug-likeness (QED) is 0.827. The van der Waals surface area contributed by atoms with Gasteiger partial charge in [-0.1, -0.05) is 0 Å². The Morgan fingerprint density at radius 3 is 2.65 bits per heavy atom. The van der Waals surface area contributed by atoms with E-state index in [1.54, 1.807) is 16.7 Å². The van der Waals surface area contributed by atoms with Gasteiger partial charge in [-0.15, -0.1) is 0 Å². The van der Waals surface area contributed by atoms with Crippen molar-refractivity contribution in [1.29, 1.82) is 0 Å². The minimum absolute atomic E-state index is 0.279. The predicted molar refractivity (Wildman–Crippen MR) is 89.7 cm³/mol. The van der Waals surface area contributed by atoms with Crippen LogP contribution in [-0.4, -0.2) is 49.8 Å². The highest BCUT2D eigenvalue weighted by Gasteiger charge is 2.30. The van der Waals surface area contributed by atoms with Crippen LogP contribution < -0.4 is 0 Å². The lowest BCUT2D eigenvalue weighted by Gasteiger charge is -2.32. The molecular formula is C17H26N2O3S. The monoisotopic (exact) mass is 338 g/mol. The first-order valence-corrected chi connectivity index (χ1v) is 10.2. The minimum Gasteiger partial charge on any atom is -0.381 e. The zero-order valence-corrected chi connectivity index (χ0v) is 14.4. The van der Waals surface area contributed by atoms with Crippen molar-refractivity contribution in [2.75, 3.05) is 32.1 Å². The SMILES string of the molecule is O=S(=O)(CCC1CCOCC1)N1CCC[C@@H](c2ccncc2)C1. The Hall–Kier alpha value is -0.980. The van der Waals surface area contributed by atoms with E-state index in [-0.39, 0.29) is 5.75 Å². The van der Waals surface area contributed by atoms with Crippen LogP contribution in [-0.2, 0) is 14.8 Å². The molecule has 5 nitrogen and oxygen atoms in total. The molecule has 23 heavy (non-hydrogen) atoms. The van der Waals surface area contributed by atoms with Gasteiger partial charge in [0.15, 0.2) is 0 Å². The fourth-order valence-corrected chi connectivity index (χ4v) is 5.29. The first-order valence-electron chi connectivity index (χ1n) is 8.60. The molecule has 2 fully saturated rings. The normalized spacial score (nSPS) is 24.6. The molecule has 0 N–H and O–H groups in total. The molecule has 128 valence electrons. The van der Waals surface area contributed by atoms with Crippen LogP contribution >= 0.6 is 0 Å². The fraction of sp³-hybridized carbons (Fsp3) is 0.706. The van der Waals surface area contributed by atoms with Crippen molar-refractivity contribution in [2.45, 2.75) is 38.0 Å². The summed E-state index contributed by atoms with van der Waals surface area (Å²) in [7, 11) is -3.15. The van der Waals surface area contributed by atoms with E-state index < -0.39 is 10.0 Å². The number of rotatable bonds is 5. The summed E-state index contributed by atoms with van der Waals surface area (Å²) in [4.78, 5) is 4.05. The van der Waals surface area contributed by atoms with Gasteiger partial charge in [-0.05, 0) is 61.6 Å². The number of aromatic nitrogens is 1. The van der Waals surface area contributed by atoms with Crippen molar-refractivity contribution in [3.63, 3.8) is 0 Å². The maximum absolute atomic E-state index is 12.7. The van der Waals surface area contributed by atoms with Crippen molar-refractivity contribution in [2.24, 2.45) is 5.92 Å². The van der Waals surface area contributed by atoms with Crippen molar-refractivity contribution in [3.8, 4) is 0 Å². The Balaban J connectivity index is 1.58. The lowest BCUT2D eigenvalue weighted by Crippen LogP contribution is -2.40. The summed E-state index contributed by atoms with van der Waals surface area (Å²) in [5, 5.41) is 0. The molecular weight excluding hydrogens is 312 g/mol. The van der Waals surface area contributed by atoms with Crippen LogP contribution in [0.15, 0.2) is 24.5 Å². The van der Waals surface area contributed by atoms with Crippen LogP contribution in [0.2, 0.25) is 0 Å². The first kappa shape index (κ1) is 16.9. The summed E-state index contributed by atoms with van der Waals surface area (Å²) in [6.07, 6.45) is 8.31. The molecule has 0 spiro atoms. The summed E-state index contributed by atoms with van der Waals surface area (Å²) < 4.78 is 32.4. The Morgan fingerprint density at radius 1 is 1.17 bits per heavy atom. The molecule has 2 aliphatic heterocycles. The molecule has 1 atom stereocenters. The van der Waals surface area contributed by atoms with E-state index in [1.807, 2.05) is 12.1 Å². The van der Waals surface area contributed by atoms with E-state index >= 15 is 0 Å². The smallest absolute Gasteiger partial charge is 0.214 e. The number of hydrogen-bond donors (Lipinski definition) is 0. The third kappa shape index (κ3) is 4.52. The number of hydrogen-bond acceptors (Lipinski definition) is 4. The van der Waals surface area contributed by atoms with E-state index in [4.69, 9.17) is 4.74 Å². The fourth-order valence-electron chi connectivity index (χ4n) is 3.58. The summed E-state index contributed by atoms with van der Waals surface area (Å²) in [6.45, 7) is 2.83. The third-order valence-electron chi connectivity index (χ3n) is 5.08. The third-order valence-corrected chi connectivity index (χ3v) is 6.95. The molecule has 0 radical (unpaired) electrons. The zero-order valence-electron chi connectivity index (χ0n) is 13.6. The van der Waals surface area contributed by atoms with Gasteiger partial charge in [0, 0.05) is 38.7 Å². The summed E-state index contributed by atoms with van der Waals surface area (Å²) in [5.74, 6) is 1.07. The Bertz CT molecular complexity index is 585. The van der Waals surface area contributed by atoms with E-state index in [1.165, 1.54) is 5.56 Å². The largest absolute Gasteiger partial charge is 0.381 e. The maximum atomic E-state index is 12.7. The highest BCUT2D eigenvalue weighted by atomic mass is 32.2. The lowest BCUT2D eigenvalue weighted by atomic mass is 9.92. The van der Waals surface area contributed by atoms with E-state index in [9.17, 15) is 8.42 Å². The molecule has 2 aliphatic rings. The van der Waals surface area contributed by atoms with Crippen LogP contribution in [0.5, 0.6) is 0 Å². The standard InChI is InChI=1S/C17H26N2O3S/c20-23(21,13-7-15-5-11-22-12-6-15)19-10-1-2-17(14-19)16-3-8-18-9-4-16/h3-4,8-9,15,17H,1-2,5-7,10-14H2/t17-/m1/s1. The molecule has 3 heterocycles. The van der Waals surface area contributed by atoms with Gasteiger partial charge in [0.2, 0.25) is 10.0 Å². The molecule has 2 saturated heterocycles. The van der Waals surface area contributed by atoms with Crippen LogP contribution in [0.3, 0.4) is 0 Å². The Labute approximate surface area is 139 Å². The van der Waals surface area contributed by atoms with Crippen LogP contribution in [0.25, 0.3) is 0 Å². The van der Waals surface area contributed by atoms with Gasteiger partial charge in [-0.25, -0.2) is 12.7 Å². The van der Waals surface area contributed by atoms with E-state index in [2.05, 4.69) is 4.98 Å². The average molecular weight is 338 g/mol. The lowest BCUT2D eigenvalue weighted by molar-refractivity contribution is 0.0655. The molecule has 0 aliphatic carbocycles. The minimum atomic E-state index is -3.15. The van der Waals surface area contributed by atoms with Crippen molar-refractivity contribution in [1.82, 2.24) is 9.29 Å². The summed E-state index contributed by atoms with van der Waals surface area (Å²) in [5.41, 5.74) is 1.20. The highest BCUT2D eigenvalue weighted by molar-refractivity contribution is 7.89. The summed E-state index contributed by atoms with van der Waals surface area (Å²) in [6, 6.07) is 4.01. The second kappa shape index (κ2) is 7.73. The number of piperidine rings is 1. The molecule has 0 amide bonds. The Morgan fingerprint density at radius 2 is 1.91 bits per heavy atom. The van der Waals surface area contributed by atoms with Gasteiger partial charge < -0.3 is 4.74 Å². The maximum Gasteiger partial charge on any atom is 0.214 e. The highest BCUT2D eigenvalue weighted by Crippen LogP contribution is 2.29. The first-order chi connectivity index (χ1) is 11.1. The average Bonchev–Trinajstić information content (AvgIpc) is 2.62. The molecule has 0 aromatic carbocycles. The van der Waals surface area contributed by atoms with E-state index in [0.717, 1.165) is 45.3 Å².